The van der Waals surface area contributed by atoms with Crippen molar-refractivity contribution < 1.29 is 30.0 Å². The van der Waals surface area contributed by atoms with E-state index in [0.29, 0.717) is 65.6 Å². The zero-order valence-corrected chi connectivity index (χ0v) is 39.3. The molecule has 2 aliphatic rings. The fourth-order valence-corrected chi connectivity index (χ4v) is 11.7. The number of rotatable bonds is 17. The number of anilines is 2. The van der Waals surface area contributed by atoms with E-state index in [1.165, 1.54) is 29.2 Å². The third kappa shape index (κ3) is 11.9. The maximum atomic E-state index is 14.1. The van der Waals surface area contributed by atoms with E-state index in [1.54, 1.807) is 6.07 Å². The second-order valence-electron chi connectivity index (χ2n) is 16.4. The van der Waals surface area contributed by atoms with Gasteiger partial charge in [-0.1, -0.05) is 65.7 Å². The number of hydrogen-bond acceptors (Lipinski definition) is 11. The van der Waals surface area contributed by atoms with Crippen LogP contribution >= 0.6 is 35.0 Å². The van der Waals surface area contributed by atoms with E-state index in [2.05, 4.69) is 48.0 Å². The van der Waals surface area contributed by atoms with Crippen LogP contribution in [-0.2, 0) is 39.4 Å². The summed E-state index contributed by atoms with van der Waals surface area (Å²) in [6.07, 6.45) is 4.22. The number of sulfone groups is 1. The molecular weight excluding hydrogens is 927 g/mol. The molecule has 0 amide bonds. The lowest BCUT2D eigenvalue weighted by atomic mass is 9.96. The van der Waals surface area contributed by atoms with Crippen molar-refractivity contribution >= 4 is 66.3 Å². The van der Waals surface area contributed by atoms with Crippen LogP contribution in [0.5, 0.6) is 0 Å². The summed E-state index contributed by atoms with van der Waals surface area (Å²) in [6, 6.07) is 26.6. The second-order valence-corrected chi connectivity index (χ2v) is 21.9. The molecule has 2 N–H and O–H groups in total. The standard InChI is InChI=1S/C45H50Cl2F3N7O4S3/c1-55(2)20-16-31(29-62-37-8-5-7-35(47)24-37)26-51-41-15-14-38(25-43(41)63(58,59)45(48,49)50)64(60,61)54-44-40-19-23-57(28-42(40)52-30-53-44)36-17-21-56(22-18-36)27-33-6-3-4-9-39(33)32-10-12-34(46)13-11-32/h3-15,24-25,30-31,36,51H,16-23,26-29H2,1-2H3,(H,52,53,54). The van der Waals surface area contributed by atoms with E-state index < -0.39 is 35.2 Å². The van der Waals surface area contributed by atoms with Gasteiger partial charge in [-0.15, -0.1) is 11.8 Å². The molecule has 1 fully saturated rings. The summed E-state index contributed by atoms with van der Waals surface area (Å²) in [5.41, 5.74) is -1.28. The van der Waals surface area contributed by atoms with Crippen molar-refractivity contribution in [3.8, 4) is 11.1 Å². The average Bonchev–Trinajstić information content (AvgIpc) is 3.26. The molecule has 5 aromatic rings. The number of fused-ring (bicyclic) bond motifs is 1. The number of likely N-dealkylation sites (tertiary alicyclic amines) is 1. The highest BCUT2D eigenvalue weighted by Gasteiger charge is 2.48. The molecule has 1 saturated heterocycles. The van der Waals surface area contributed by atoms with Crippen LogP contribution < -0.4 is 10.0 Å². The summed E-state index contributed by atoms with van der Waals surface area (Å²) in [4.78, 5) is 14.6. The number of nitrogens with one attached hydrogen (secondary N) is 2. The number of piperidine rings is 1. The van der Waals surface area contributed by atoms with Gasteiger partial charge in [-0.2, -0.15) is 13.2 Å². The molecule has 4 aromatic carbocycles. The van der Waals surface area contributed by atoms with Gasteiger partial charge in [0.1, 0.15) is 17.0 Å². The first-order valence-corrected chi connectivity index (χ1v) is 25.6. The number of thioether (sulfide) groups is 1. The van der Waals surface area contributed by atoms with Crippen LogP contribution in [0.15, 0.2) is 112 Å². The Balaban J connectivity index is 1.02. The predicted octanol–water partition coefficient (Wildman–Crippen LogP) is 9.34. The van der Waals surface area contributed by atoms with Crippen molar-refractivity contribution in [1.82, 2.24) is 24.7 Å². The van der Waals surface area contributed by atoms with Crippen molar-refractivity contribution in [3.05, 3.63) is 124 Å². The number of aromatic nitrogens is 2. The normalized spacial score (nSPS) is 16.1. The lowest BCUT2D eigenvalue weighted by Crippen LogP contribution is -2.46. The maximum absolute atomic E-state index is 14.1. The SMILES string of the molecule is CN(C)CCC(CNc1ccc(S(=O)(=O)Nc2ncnc3c2CCN(C2CCN(Cc4ccccc4-c4ccc(Cl)cc4)CC2)C3)cc1S(=O)(=O)C(F)(F)F)CSc1cccc(Cl)c1. The zero-order chi connectivity index (χ0) is 45.6. The van der Waals surface area contributed by atoms with Crippen LogP contribution in [-0.4, -0.2) is 106 Å². The Hall–Kier alpha value is -3.94. The van der Waals surface area contributed by atoms with E-state index in [-0.39, 0.29) is 30.0 Å². The van der Waals surface area contributed by atoms with Crippen LogP contribution in [0.1, 0.15) is 36.1 Å². The van der Waals surface area contributed by atoms with Gasteiger partial charge in [-0.25, -0.2) is 26.8 Å². The lowest BCUT2D eigenvalue weighted by Gasteiger charge is -2.40. The Morgan fingerprint density at radius 3 is 2.36 bits per heavy atom. The monoisotopic (exact) mass is 975 g/mol. The molecule has 64 heavy (non-hydrogen) atoms. The first kappa shape index (κ1) is 48.0. The van der Waals surface area contributed by atoms with Crippen LogP contribution in [0.25, 0.3) is 11.1 Å². The number of sulfonamides is 1. The minimum Gasteiger partial charge on any atom is -0.384 e. The van der Waals surface area contributed by atoms with Gasteiger partial charge in [0, 0.05) is 58.5 Å². The Kier molecular flexibility index (Phi) is 15.5. The third-order valence-electron chi connectivity index (χ3n) is 11.6. The molecule has 3 heterocycles. The molecule has 1 unspecified atom stereocenters. The summed E-state index contributed by atoms with van der Waals surface area (Å²) in [7, 11) is -6.80. The van der Waals surface area contributed by atoms with E-state index in [4.69, 9.17) is 23.2 Å². The molecular formula is C45H50Cl2F3N7O4S3. The molecule has 7 rings (SSSR count). The predicted molar refractivity (Wildman–Crippen MR) is 249 cm³/mol. The Labute approximate surface area is 387 Å². The van der Waals surface area contributed by atoms with Gasteiger partial charge in [0.15, 0.2) is 0 Å². The largest absolute Gasteiger partial charge is 0.501 e. The van der Waals surface area contributed by atoms with E-state index in [0.717, 1.165) is 55.1 Å². The highest BCUT2D eigenvalue weighted by molar-refractivity contribution is 7.99. The summed E-state index contributed by atoms with van der Waals surface area (Å²) < 4.78 is 98.6. The molecule has 1 atom stereocenters. The fourth-order valence-electron chi connectivity index (χ4n) is 8.09. The van der Waals surface area contributed by atoms with Gasteiger partial charge in [-0.05, 0) is 131 Å². The van der Waals surface area contributed by atoms with Crippen LogP contribution in [0.3, 0.4) is 0 Å². The van der Waals surface area contributed by atoms with Crippen LogP contribution in [0.2, 0.25) is 10.0 Å². The molecule has 0 bridgehead atoms. The Bertz CT molecular complexity index is 2640. The molecule has 1 aromatic heterocycles. The van der Waals surface area contributed by atoms with Crippen molar-refractivity contribution in [2.45, 2.75) is 65.0 Å². The van der Waals surface area contributed by atoms with Crippen molar-refractivity contribution in [1.29, 1.82) is 0 Å². The summed E-state index contributed by atoms with van der Waals surface area (Å²) in [5, 5.41) is 4.17. The molecule has 0 spiro atoms. The van der Waals surface area contributed by atoms with Gasteiger partial charge in [0.05, 0.1) is 16.3 Å². The quantitative estimate of drug-likeness (QED) is 0.0866. The van der Waals surface area contributed by atoms with Crippen molar-refractivity contribution in [2.75, 3.05) is 62.6 Å². The number of halogens is 5. The first-order chi connectivity index (χ1) is 30.5. The number of alkyl halides is 3. The van der Waals surface area contributed by atoms with E-state index in [9.17, 15) is 30.0 Å². The Morgan fingerprint density at radius 2 is 1.64 bits per heavy atom. The first-order valence-electron chi connectivity index (χ1n) is 20.8. The summed E-state index contributed by atoms with van der Waals surface area (Å²) >= 11 is 13.8. The summed E-state index contributed by atoms with van der Waals surface area (Å²) in [5.74, 6) is 0.448. The number of hydrogen-bond donors (Lipinski definition) is 2. The fraction of sp³-hybridized carbons (Fsp3) is 0.378. The second kappa shape index (κ2) is 20.7. The van der Waals surface area contributed by atoms with E-state index >= 15 is 0 Å². The van der Waals surface area contributed by atoms with Crippen molar-refractivity contribution in [2.24, 2.45) is 5.92 Å². The van der Waals surface area contributed by atoms with Crippen LogP contribution in [0.4, 0.5) is 24.7 Å². The van der Waals surface area contributed by atoms with Crippen LogP contribution in [0, 0.1) is 5.92 Å². The molecule has 19 heteroatoms. The summed E-state index contributed by atoms with van der Waals surface area (Å²) in [6.45, 7) is 4.51. The highest BCUT2D eigenvalue weighted by atomic mass is 35.5. The van der Waals surface area contributed by atoms with Gasteiger partial charge < -0.3 is 10.2 Å². The van der Waals surface area contributed by atoms with Crippen molar-refractivity contribution in [3.63, 3.8) is 0 Å². The zero-order valence-electron chi connectivity index (χ0n) is 35.4. The topological polar surface area (TPSA) is 128 Å². The number of benzene rings is 4. The van der Waals surface area contributed by atoms with Gasteiger partial charge in [-0.3, -0.25) is 14.5 Å². The average molecular weight is 977 g/mol. The smallest absolute Gasteiger partial charge is 0.384 e. The molecule has 342 valence electrons. The highest BCUT2D eigenvalue weighted by Crippen LogP contribution is 2.37. The maximum Gasteiger partial charge on any atom is 0.501 e. The van der Waals surface area contributed by atoms with Gasteiger partial charge in [0.25, 0.3) is 19.9 Å². The molecule has 0 aliphatic carbocycles. The minimum absolute atomic E-state index is 0.00203. The molecule has 0 radical (unpaired) electrons. The minimum atomic E-state index is -5.98. The van der Waals surface area contributed by atoms with Gasteiger partial charge >= 0.3 is 5.51 Å². The lowest BCUT2D eigenvalue weighted by molar-refractivity contribution is -0.0435. The molecule has 2 aliphatic heterocycles. The van der Waals surface area contributed by atoms with E-state index in [1.807, 2.05) is 67.5 Å². The molecule has 11 nitrogen and oxygen atoms in total. The molecule has 0 saturated carbocycles. The number of nitrogens with zero attached hydrogens (tertiary/aromatic N) is 5. The van der Waals surface area contributed by atoms with Gasteiger partial charge in [0.2, 0.25) is 0 Å². The Morgan fingerprint density at radius 1 is 0.891 bits per heavy atom. The third-order valence-corrected chi connectivity index (χ3v) is 16.2.